The molecular weight excluding hydrogens is 176 g/mol. The Hall–Kier alpha value is -2.02. The summed E-state index contributed by atoms with van der Waals surface area (Å²) < 4.78 is 1.80. The minimum Gasteiger partial charge on any atom is -0.399 e. The van der Waals surface area contributed by atoms with E-state index in [9.17, 15) is 0 Å². The van der Waals surface area contributed by atoms with E-state index in [0.717, 1.165) is 16.6 Å². The molecule has 2 aromatic rings. The maximum Gasteiger partial charge on any atom is 0.0703 e. The number of anilines is 1. The molecule has 70 valence electrons. The second-order valence-corrected chi connectivity index (χ2v) is 3.09. The van der Waals surface area contributed by atoms with Crippen LogP contribution in [0, 0.1) is 11.3 Å². The van der Waals surface area contributed by atoms with Crippen LogP contribution in [0.5, 0.6) is 0 Å². The van der Waals surface area contributed by atoms with Crippen molar-refractivity contribution in [2.24, 2.45) is 0 Å². The van der Waals surface area contributed by atoms with Crippen LogP contribution in [-0.4, -0.2) is 9.78 Å². The van der Waals surface area contributed by atoms with Crippen LogP contribution in [0.4, 0.5) is 5.69 Å². The number of nitrogens with zero attached hydrogens (tertiary/aromatic N) is 3. The molecule has 0 radical (unpaired) electrons. The van der Waals surface area contributed by atoms with E-state index in [2.05, 4.69) is 11.2 Å². The van der Waals surface area contributed by atoms with Crippen molar-refractivity contribution in [3.8, 4) is 6.07 Å². The lowest BCUT2D eigenvalue weighted by Gasteiger charge is -1.99. The van der Waals surface area contributed by atoms with E-state index in [0.29, 0.717) is 13.0 Å². The Bertz CT molecular complexity index is 492. The number of aryl methyl sites for hydroxylation is 1. The molecule has 0 saturated carbocycles. The molecule has 1 aromatic heterocycles. The maximum absolute atomic E-state index is 8.48. The lowest BCUT2D eigenvalue weighted by Crippen LogP contribution is -1.98. The third-order valence-corrected chi connectivity index (χ3v) is 2.10. The third-order valence-electron chi connectivity index (χ3n) is 2.10. The Morgan fingerprint density at radius 3 is 3.14 bits per heavy atom. The van der Waals surface area contributed by atoms with E-state index in [1.807, 2.05) is 18.2 Å². The largest absolute Gasteiger partial charge is 0.399 e. The van der Waals surface area contributed by atoms with Crippen molar-refractivity contribution in [2.75, 3.05) is 5.73 Å². The van der Waals surface area contributed by atoms with Crippen LogP contribution in [-0.2, 0) is 6.54 Å². The average molecular weight is 186 g/mol. The van der Waals surface area contributed by atoms with Gasteiger partial charge in [-0.25, -0.2) is 0 Å². The molecule has 0 spiro atoms. The van der Waals surface area contributed by atoms with Crippen molar-refractivity contribution >= 4 is 16.6 Å². The maximum atomic E-state index is 8.48. The number of hydrogen-bond donors (Lipinski definition) is 1. The standard InChI is InChI=1S/C10H10N4/c11-4-1-5-14-10-6-9(12)3-2-8(10)7-13-14/h2-3,6-7H,1,5,12H2. The summed E-state index contributed by atoms with van der Waals surface area (Å²) in [5.41, 5.74) is 7.38. The number of nitriles is 1. The van der Waals surface area contributed by atoms with Gasteiger partial charge in [-0.1, -0.05) is 0 Å². The van der Waals surface area contributed by atoms with Crippen molar-refractivity contribution < 1.29 is 0 Å². The number of aromatic nitrogens is 2. The molecule has 0 unspecified atom stereocenters. The summed E-state index contributed by atoms with van der Waals surface area (Å²) in [7, 11) is 0. The molecule has 4 heteroatoms. The molecule has 0 aliphatic rings. The number of rotatable bonds is 2. The highest BCUT2D eigenvalue weighted by atomic mass is 15.3. The van der Waals surface area contributed by atoms with Crippen LogP contribution in [0.25, 0.3) is 10.9 Å². The van der Waals surface area contributed by atoms with Gasteiger partial charge in [0.05, 0.1) is 30.7 Å². The quantitative estimate of drug-likeness (QED) is 0.723. The van der Waals surface area contributed by atoms with E-state index in [1.165, 1.54) is 0 Å². The first-order valence-corrected chi connectivity index (χ1v) is 4.39. The fourth-order valence-electron chi connectivity index (χ4n) is 1.42. The van der Waals surface area contributed by atoms with E-state index in [4.69, 9.17) is 11.0 Å². The van der Waals surface area contributed by atoms with Gasteiger partial charge >= 0.3 is 0 Å². The second-order valence-electron chi connectivity index (χ2n) is 3.09. The smallest absolute Gasteiger partial charge is 0.0703 e. The SMILES string of the molecule is N#CCCn1ncc2ccc(N)cc21. The lowest BCUT2D eigenvalue weighted by molar-refractivity contribution is 0.649. The molecule has 2 N–H and O–H groups in total. The molecule has 0 aliphatic heterocycles. The number of nitrogen functional groups attached to an aromatic ring is 1. The van der Waals surface area contributed by atoms with Gasteiger partial charge in [0.1, 0.15) is 0 Å². The zero-order valence-electron chi connectivity index (χ0n) is 7.64. The molecule has 0 fully saturated rings. The van der Waals surface area contributed by atoms with Crippen LogP contribution in [0.1, 0.15) is 6.42 Å². The van der Waals surface area contributed by atoms with Gasteiger partial charge in [-0.3, -0.25) is 4.68 Å². The zero-order valence-corrected chi connectivity index (χ0v) is 7.64. The molecule has 1 heterocycles. The van der Waals surface area contributed by atoms with Crippen molar-refractivity contribution in [1.82, 2.24) is 9.78 Å². The normalized spacial score (nSPS) is 10.2. The van der Waals surface area contributed by atoms with Gasteiger partial charge in [0.25, 0.3) is 0 Å². The first-order valence-electron chi connectivity index (χ1n) is 4.39. The Morgan fingerprint density at radius 1 is 1.50 bits per heavy atom. The molecule has 4 nitrogen and oxygen atoms in total. The summed E-state index contributed by atoms with van der Waals surface area (Å²) in [5.74, 6) is 0. The van der Waals surface area contributed by atoms with Crippen molar-refractivity contribution in [2.45, 2.75) is 13.0 Å². The van der Waals surface area contributed by atoms with Crippen LogP contribution >= 0.6 is 0 Å². The highest BCUT2D eigenvalue weighted by Gasteiger charge is 2.01. The predicted molar refractivity (Wildman–Crippen MR) is 54.4 cm³/mol. The summed E-state index contributed by atoms with van der Waals surface area (Å²) in [6.45, 7) is 0.615. The molecule has 14 heavy (non-hydrogen) atoms. The van der Waals surface area contributed by atoms with Gasteiger partial charge in [-0.2, -0.15) is 10.4 Å². The highest BCUT2D eigenvalue weighted by Crippen LogP contribution is 2.16. The Kier molecular flexibility index (Phi) is 2.07. The van der Waals surface area contributed by atoms with E-state index >= 15 is 0 Å². The Labute approximate surface area is 81.5 Å². The molecule has 0 bridgehead atoms. The van der Waals surface area contributed by atoms with Gasteiger partial charge in [-0.05, 0) is 18.2 Å². The van der Waals surface area contributed by atoms with E-state index in [1.54, 1.807) is 10.9 Å². The van der Waals surface area contributed by atoms with Crippen LogP contribution in [0.15, 0.2) is 24.4 Å². The van der Waals surface area contributed by atoms with Gasteiger partial charge in [0, 0.05) is 11.1 Å². The van der Waals surface area contributed by atoms with E-state index < -0.39 is 0 Å². The molecule has 2 rings (SSSR count). The number of hydrogen-bond acceptors (Lipinski definition) is 3. The molecule has 0 saturated heterocycles. The molecule has 0 atom stereocenters. The van der Waals surface area contributed by atoms with Gasteiger partial charge in [0.2, 0.25) is 0 Å². The summed E-state index contributed by atoms with van der Waals surface area (Å²) in [4.78, 5) is 0. The van der Waals surface area contributed by atoms with Gasteiger partial charge < -0.3 is 5.73 Å². The summed E-state index contributed by atoms with van der Waals surface area (Å²) in [6, 6.07) is 7.74. The molecule has 1 aromatic carbocycles. The summed E-state index contributed by atoms with van der Waals surface area (Å²) in [5, 5.41) is 13.7. The topological polar surface area (TPSA) is 67.6 Å². The van der Waals surface area contributed by atoms with Crippen LogP contribution < -0.4 is 5.73 Å². The van der Waals surface area contributed by atoms with Gasteiger partial charge in [0.15, 0.2) is 0 Å². The third kappa shape index (κ3) is 1.40. The molecule has 0 aliphatic carbocycles. The number of nitrogens with two attached hydrogens (primary N) is 1. The highest BCUT2D eigenvalue weighted by molar-refractivity contribution is 5.81. The van der Waals surface area contributed by atoms with Crippen molar-refractivity contribution in [1.29, 1.82) is 5.26 Å². The second kappa shape index (κ2) is 3.38. The van der Waals surface area contributed by atoms with Crippen LogP contribution in [0.3, 0.4) is 0 Å². The summed E-state index contributed by atoms with van der Waals surface area (Å²) in [6.07, 6.45) is 2.25. The van der Waals surface area contributed by atoms with Gasteiger partial charge in [-0.15, -0.1) is 0 Å². The Morgan fingerprint density at radius 2 is 2.36 bits per heavy atom. The number of benzene rings is 1. The van der Waals surface area contributed by atoms with E-state index in [-0.39, 0.29) is 0 Å². The fourth-order valence-corrected chi connectivity index (χ4v) is 1.42. The first kappa shape index (κ1) is 8.57. The van der Waals surface area contributed by atoms with Crippen molar-refractivity contribution in [3.05, 3.63) is 24.4 Å². The van der Waals surface area contributed by atoms with Crippen LogP contribution in [0.2, 0.25) is 0 Å². The Balaban J connectivity index is 2.46. The first-order chi connectivity index (χ1) is 6.81. The fraction of sp³-hybridized carbons (Fsp3) is 0.200. The minimum atomic E-state index is 0.464. The monoisotopic (exact) mass is 186 g/mol. The minimum absolute atomic E-state index is 0.464. The number of fused-ring (bicyclic) bond motifs is 1. The van der Waals surface area contributed by atoms with Crippen molar-refractivity contribution in [3.63, 3.8) is 0 Å². The predicted octanol–water partition coefficient (Wildman–Crippen LogP) is 1.53. The molecule has 0 amide bonds. The zero-order chi connectivity index (χ0) is 9.97. The molecular formula is C10H10N4. The average Bonchev–Trinajstić information content (AvgIpc) is 2.57. The summed E-state index contributed by atoms with van der Waals surface area (Å²) >= 11 is 0. The lowest BCUT2D eigenvalue weighted by atomic mass is 10.2.